The van der Waals surface area contributed by atoms with Crippen molar-refractivity contribution in [2.24, 2.45) is 7.05 Å². The molecule has 0 saturated carbocycles. The fourth-order valence-electron chi connectivity index (χ4n) is 1.75. The van der Waals surface area contributed by atoms with Gasteiger partial charge in [0, 0.05) is 31.4 Å². The molecule has 0 aliphatic rings. The molecule has 1 heterocycles. The Morgan fingerprint density at radius 1 is 1.35 bits per heavy atom. The van der Waals surface area contributed by atoms with E-state index in [0.29, 0.717) is 5.88 Å². The van der Waals surface area contributed by atoms with Gasteiger partial charge in [0.25, 0.3) is 0 Å². The molecule has 1 aromatic heterocycles. The number of aromatic nitrogens is 2. The van der Waals surface area contributed by atoms with Gasteiger partial charge in [-0.15, -0.1) is 11.6 Å². The summed E-state index contributed by atoms with van der Waals surface area (Å²) in [6.45, 7) is 0.888. The van der Waals surface area contributed by atoms with Crippen molar-refractivity contribution < 1.29 is 0 Å². The number of halogens is 1. The average Bonchev–Trinajstić information content (AvgIpc) is 2.76. The third-order valence-corrected chi connectivity index (χ3v) is 2.94. The van der Waals surface area contributed by atoms with Gasteiger partial charge in [0.1, 0.15) is 0 Å². The van der Waals surface area contributed by atoms with Crippen LogP contribution in [-0.2, 0) is 19.3 Å². The van der Waals surface area contributed by atoms with Crippen molar-refractivity contribution >= 4 is 17.3 Å². The molecule has 0 bridgehead atoms. The maximum Gasteiger partial charge on any atom is 0.0522 e. The molecule has 1 N–H and O–H groups in total. The molecule has 4 heteroatoms. The monoisotopic (exact) mass is 249 g/mol. The first-order valence-electron chi connectivity index (χ1n) is 5.65. The second-order valence-electron chi connectivity index (χ2n) is 3.99. The van der Waals surface area contributed by atoms with Crippen LogP contribution in [0.15, 0.2) is 36.7 Å². The Bertz CT molecular complexity index is 479. The maximum atomic E-state index is 5.88. The maximum absolute atomic E-state index is 5.88. The lowest BCUT2D eigenvalue weighted by Gasteiger charge is -2.09. The fourth-order valence-corrected chi connectivity index (χ4v) is 1.98. The summed E-state index contributed by atoms with van der Waals surface area (Å²) in [5.41, 5.74) is 3.50. The minimum absolute atomic E-state index is 0.538. The molecule has 0 unspecified atom stereocenters. The minimum atomic E-state index is 0.538. The molecule has 17 heavy (non-hydrogen) atoms. The highest BCUT2D eigenvalue weighted by molar-refractivity contribution is 6.17. The Morgan fingerprint density at radius 2 is 2.18 bits per heavy atom. The molecule has 0 aliphatic heterocycles. The van der Waals surface area contributed by atoms with Crippen molar-refractivity contribution in [1.82, 2.24) is 9.78 Å². The molecule has 0 amide bonds. The third-order valence-electron chi connectivity index (χ3n) is 2.65. The van der Waals surface area contributed by atoms with Gasteiger partial charge < -0.3 is 5.32 Å². The van der Waals surface area contributed by atoms with E-state index in [-0.39, 0.29) is 0 Å². The molecule has 0 aliphatic carbocycles. The first-order chi connectivity index (χ1) is 8.29. The number of nitrogens with one attached hydrogen (secondary N) is 1. The number of para-hydroxylation sites is 1. The van der Waals surface area contributed by atoms with Crippen LogP contribution in [0, 0.1) is 0 Å². The molecule has 0 saturated heterocycles. The average molecular weight is 250 g/mol. The fraction of sp³-hybridized carbons (Fsp3) is 0.308. The highest BCUT2D eigenvalue weighted by Gasteiger charge is 2.00. The van der Waals surface area contributed by atoms with Crippen LogP contribution in [0.25, 0.3) is 0 Å². The van der Waals surface area contributed by atoms with Gasteiger partial charge in [-0.2, -0.15) is 5.10 Å². The number of hydrogen-bond donors (Lipinski definition) is 1. The number of benzene rings is 1. The second-order valence-corrected chi connectivity index (χ2v) is 4.26. The molecule has 0 spiro atoms. The van der Waals surface area contributed by atoms with E-state index in [2.05, 4.69) is 16.5 Å². The van der Waals surface area contributed by atoms with Gasteiger partial charge in [-0.3, -0.25) is 4.68 Å². The number of rotatable bonds is 5. The van der Waals surface area contributed by atoms with Crippen LogP contribution in [0.2, 0.25) is 0 Å². The van der Waals surface area contributed by atoms with Crippen molar-refractivity contribution in [1.29, 1.82) is 0 Å². The lowest BCUT2D eigenvalue weighted by Crippen LogP contribution is -2.06. The number of hydrogen-bond acceptors (Lipinski definition) is 2. The van der Waals surface area contributed by atoms with Crippen molar-refractivity contribution in [2.75, 3.05) is 11.9 Å². The molecule has 2 aromatic rings. The number of anilines is 1. The van der Waals surface area contributed by atoms with Gasteiger partial charge in [-0.05, 0) is 23.6 Å². The largest absolute Gasteiger partial charge is 0.384 e. The van der Waals surface area contributed by atoms with Crippen LogP contribution in [-0.4, -0.2) is 16.3 Å². The summed E-state index contributed by atoms with van der Waals surface area (Å²) >= 11 is 5.88. The van der Waals surface area contributed by atoms with Crippen LogP contribution in [0.5, 0.6) is 0 Å². The van der Waals surface area contributed by atoms with Gasteiger partial charge in [0.15, 0.2) is 0 Å². The van der Waals surface area contributed by atoms with E-state index in [1.165, 1.54) is 5.56 Å². The third kappa shape index (κ3) is 3.24. The van der Waals surface area contributed by atoms with E-state index >= 15 is 0 Å². The van der Waals surface area contributed by atoms with Crippen molar-refractivity contribution in [2.45, 2.75) is 12.3 Å². The normalized spacial score (nSPS) is 10.5. The van der Waals surface area contributed by atoms with Gasteiger partial charge in [0.2, 0.25) is 0 Å². The molecule has 90 valence electrons. The predicted molar refractivity (Wildman–Crippen MR) is 71.4 cm³/mol. The van der Waals surface area contributed by atoms with Gasteiger partial charge in [0.05, 0.1) is 6.20 Å². The number of nitrogens with zero attached hydrogens (tertiary/aromatic N) is 2. The summed E-state index contributed by atoms with van der Waals surface area (Å²) in [5.74, 6) is 0.538. The molecule has 0 atom stereocenters. The van der Waals surface area contributed by atoms with Crippen LogP contribution >= 0.6 is 11.6 Å². The summed E-state index contributed by atoms with van der Waals surface area (Å²) in [6, 6.07) is 8.12. The molecule has 0 radical (unpaired) electrons. The van der Waals surface area contributed by atoms with E-state index in [4.69, 9.17) is 11.6 Å². The van der Waals surface area contributed by atoms with Crippen LogP contribution in [0.1, 0.15) is 11.1 Å². The highest BCUT2D eigenvalue weighted by Crippen LogP contribution is 2.16. The molecule has 2 rings (SSSR count). The van der Waals surface area contributed by atoms with E-state index in [9.17, 15) is 0 Å². The van der Waals surface area contributed by atoms with Gasteiger partial charge >= 0.3 is 0 Å². The zero-order valence-corrected chi connectivity index (χ0v) is 10.6. The van der Waals surface area contributed by atoms with Crippen molar-refractivity contribution in [3.8, 4) is 0 Å². The van der Waals surface area contributed by atoms with Gasteiger partial charge in [-0.25, -0.2) is 0 Å². The van der Waals surface area contributed by atoms with Crippen LogP contribution in [0.3, 0.4) is 0 Å². The summed E-state index contributed by atoms with van der Waals surface area (Å²) in [6.07, 6.45) is 4.90. The summed E-state index contributed by atoms with van der Waals surface area (Å²) in [7, 11) is 1.93. The number of aryl methyl sites for hydroxylation is 1. The Morgan fingerprint density at radius 3 is 2.88 bits per heavy atom. The zero-order chi connectivity index (χ0) is 12.1. The smallest absolute Gasteiger partial charge is 0.0522 e. The SMILES string of the molecule is Cn1cc(CCNc2ccccc2CCl)cn1. The quantitative estimate of drug-likeness (QED) is 0.826. The number of alkyl halides is 1. The summed E-state index contributed by atoms with van der Waals surface area (Å²) in [4.78, 5) is 0. The van der Waals surface area contributed by atoms with E-state index < -0.39 is 0 Å². The minimum Gasteiger partial charge on any atom is -0.384 e. The molecule has 0 fully saturated rings. The zero-order valence-electron chi connectivity index (χ0n) is 9.86. The Kier molecular flexibility index (Phi) is 4.04. The summed E-state index contributed by atoms with van der Waals surface area (Å²) in [5, 5.41) is 7.54. The van der Waals surface area contributed by atoms with Crippen molar-refractivity contribution in [3.63, 3.8) is 0 Å². The lowest BCUT2D eigenvalue weighted by atomic mass is 10.2. The Labute approximate surface area is 106 Å². The molecule has 3 nitrogen and oxygen atoms in total. The molecular weight excluding hydrogens is 234 g/mol. The van der Waals surface area contributed by atoms with E-state index in [0.717, 1.165) is 24.2 Å². The van der Waals surface area contributed by atoms with Crippen LogP contribution < -0.4 is 5.32 Å². The topological polar surface area (TPSA) is 29.9 Å². The van der Waals surface area contributed by atoms with Gasteiger partial charge in [-0.1, -0.05) is 18.2 Å². The second kappa shape index (κ2) is 5.73. The first kappa shape index (κ1) is 12.0. The predicted octanol–water partition coefficient (Wildman–Crippen LogP) is 2.81. The van der Waals surface area contributed by atoms with Crippen molar-refractivity contribution in [3.05, 3.63) is 47.8 Å². The summed E-state index contributed by atoms with van der Waals surface area (Å²) < 4.78 is 1.82. The standard InChI is InChI=1S/C13H16ClN3/c1-17-10-11(9-16-17)6-7-15-13-5-3-2-4-12(13)8-14/h2-5,9-10,15H,6-8H2,1H3. The Balaban J connectivity index is 1.89. The lowest BCUT2D eigenvalue weighted by molar-refractivity contribution is 0.767. The molecule has 1 aromatic carbocycles. The highest BCUT2D eigenvalue weighted by atomic mass is 35.5. The van der Waals surface area contributed by atoms with E-state index in [1.807, 2.05) is 42.3 Å². The Hall–Kier alpha value is -1.48. The van der Waals surface area contributed by atoms with E-state index in [1.54, 1.807) is 0 Å². The first-order valence-corrected chi connectivity index (χ1v) is 6.18. The molecular formula is C13H16ClN3. The van der Waals surface area contributed by atoms with Crippen LogP contribution in [0.4, 0.5) is 5.69 Å².